The van der Waals surface area contributed by atoms with Crippen LogP contribution in [0, 0.1) is 17.1 Å². The predicted molar refractivity (Wildman–Crippen MR) is 106 cm³/mol. The summed E-state index contributed by atoms with van der Waals surface area (Å²) in [7, 11) is -3.83. The summed E-state index contributed by atoms with van der Waals surface area (Å²) in [6.45, 7) is -0.152. The third kappa shape index (κ3) is 4.35. The van der Waals surface area contributed by atoms with Gasteiger partial charge in [-0.25, -0.2) is 12.8 Å². The number of benzene rings is 2. The van der Waals surface area contributed by atoms with E-state index >= 15 is 0 Å². The molecule has 0 amide bonds. The first kappa shape index (κ1) is 22.7. The molecule has 1 heterocycles. The summed E-state index contributed by atoms with van der Waals surface area (Å²) < 4.78 is 45.9. The molecule has 150 valence electrons. The standard InChI is InChI=1S/C17H14Cl2FN3O3S.ClH/c18-12-4-5-15(13(19)6-12)27(24,25)23-8-17(22,9-23)10-26-14-3-1-2-11(7-21)16(14)20;/h1-6H,8-10,22H2;1H. The lowest BCUT2D eigenvalue weighted by atomic mass is 9.95. The molecule has 28 heavy (non-hydrogen) atoms. The van der Waals surface area contributed by atoms with Gasteiger partial charge in [0, 0.05) is 18.1 Å². The first-order chi connectivity index (χ1) is 12.7. The van der Waals surface area contributed by atoms with Crippen LogP contribution in [-0.4, -0.2) is 38.0 Å². The number of rotatable bonds is 5. The number of nitrogens with zero attached hydrogens (tertiary/aromatic N) is 2. The van der Waals surface area contributed by atoms with Crippen LogP contribution in [-0.2, 0) is 10.0 Å². The molecule has 11 heteroatoms. The monoisotopic (exact) mass is 465 g/mol. The molecule has 1 saturated heterocycles. The fraction of sp³-hybridized carbons (Fsp3) is 0.235. The van der Waals surface area contributed by atoms with Gasteiger partial charge >= 0.3 is 0 Å². The van der Waals surface area contributed by atoms with Gasteiger partial charge in [-0.05, 0) is 30.3 Å². The van der Waals surface area contributed by atoms with Gasteiger partial charge in [0.1, 0.15) is 17.6 Å². The summed E-state index contributed by atoms with van der Waals surface area (Å²) in [6.07, 6.45) is 0. The summed E-state index contributed by atoms with van der Waals surface area (Å²) in [6, 6.07) is 10.0. The Hall–Kier alpha value is -1.60. The van der Waals surface area contributed by atoms with Gasteiger partial charge in [0.25, 0.3) is 0 Å². The van der Waals surface area contributed by atoms with Gasteiger partial charge in [0.2, 0.25) is 10.0 Å². The lowest BCUT2D eigenvalue weighted by Gasteiger charge is -2.46. The Morgan fingerprint density at radius 1 is 1.29 bits per heavy atom. The summed E-state index contributed by atoms with van der Waals surface area (Å²) in [5.41, 5.74) is 5.00. The zero-order valence-electron chi connectivity index (χ0n) is 14.2. The van der Waals surface area contributed by atoms with Crippen molar-refractivity contribution >= 4 is 45.6 Å². The quantitative estimate of drug-likeness (QED) is 0.730. The summed E-state index contributed by atoms with van der Waals surface area (Å²) >= 11 is 11.8. The van der Waals surface area contributed by atoms with Crippen molar-refractivity contribution in [3.8, 4) is 11.8 Å². The predicted octanol–water partition coefficient (Wildman–Crippen LogP) is 3.21. The van der Waals surface area contributed by atoms with Crippen LogP contribution in [0.4, 0.5) is 4.39 Å². The zero-order chi connectivity index (χ0) is 19.8. The number of nitrogens with two attached hydrogens (primary N) is 1. The van der Waals surface area contributed by atoms with Crippen LogP contribution in [0.5, 0.6) is 5.75 Å². The van der Waals surface area contributed by atoms with Crippen LogP contribution >= 0.6 is 35.6 Å². The number of nitriles is 1. The minimum atomic E-state index is -3.83. The van der Waals surface area contributed by atoms with Crippen molar-refractivity contribution in [3.05, 3.63) is 57.8 Å². The zero-order valence-corrected chi connectivity index (χ0v) is 17.4. The highest BCUT2D eigenvalue weighted by atomic mass is 35.5. The Balaban J connectivity index is 0.00000280. The lowest BCUT2D eigenvalue weighted by molar-refractivity contribution is 0.0933. The molecule has 6 nitrogen and oxygen atoms in total. The molecular formula is C17H15Cl3FN3O3S. The van der Waals surface area contributed by atoms with Crippen LogP contribution in [0.1, 0.15) is 5.56 Å². The van der Waals surface area contributed by atoms with Crippen molar-refractivity contribution < 1.29 is 17.5 Å². The van der Waals surface area contributed by atoms with Gasteiger partial charge in [0.15, 0.2) is 11.6 Å². The maximum atomic E-state index is 14.0. The molecule has 1 aliphatic heterocycles. The third-order valence-electron chi connectivity index (χ3n) is 4.09. The molecule has 0 spiro atoms. The fourth-order valence-corrected chi connectivity index (χ4v) is 5.05. The highest BCUT2D eigenvalue weighted by molar-refractivity contribution is 7.89. The molecule has 0 bridgehead atoms. The molecular weight excluding hydrogens is 452 g/mol. The van der Waals surface area contributed by atoms with Crippen molar-refractivity contribution in [3.63, 3.8) is 0 Å². The lowest BCUT2D eigenvalue weighted by Crippen LogP contribution is -2.71. The molecule has 1 fully saturated rings. The van der Waals surface area contributed by atoms with Crippen LogP contribution < -0.4 is 10.5 Å². The number of sulfonamides is 1. The summed E-state index contributed by atoms with van der Waals surface area (Å²) in [4.78, 5) is -0.0655. The van der Waals surface area contributed by atoms with Crippen molar-refractivity contribution in [2.45, 2.75) is 10.4 Å². The van der Waals surface area contributed by atoms with E-state index in [0.29, 0.717) is 5.02 Å². The van der Waals surface area contributed by atoms with Gasteiger partial charge in [-0.3, -0.25) is 0 Å². The molecule has 0 saturated carbocycles. The maximum absolute atomic E-state index is 14.0. The number of halogens is 4. The second-order valence-corrected chi connectivity index (χ2v) is 8.98. The third-order valence-corrected chi connectivity index (χ3v) is 6.60. The van der Waals surface area contributed by atoms with Crippen LogP contribution in [0.15, 0.2) is 41.3 Å². The smallest absolute Gasteiger partial charge is 0.244 e. The number of hydrogen-bond donors (Lipinski definition) is 1. The molecule has 2 N–H and O–H groups in total. The molecule has 2 aromatic carbocycles. The van der Waals surface area contributed by atoms with Crippen LogP contribution in [0.2, 0.25) is 10.0 Å². The number of ether oxygens (including phenoxy) is 1. The van der Waals surface area contributed by atoms with E-state index in [-0.39, 0.29) is 53.3 Å². The van der Waals surface area contributed by atoms with E-state index in [1.165, 1.54) is 36.4 Å². The fourth-order valence-electron chi connectivity index (χ4n) is 2.67. The van der Waals surface area contributed by atoms with Gasteiger partial charge in [-0.1, -0.05) is 29.3 Å². The SMILES string of the molecule is Cl.N#Cc1cccc(OCC2(N)CN(S(=O)(=O)c3ccc(Cl)cc3Cl)C2)c1F. The van der Waals surface area contributed by atoms with Crippen molar-refractivity contribution in [2.75, 3.05) is 19.7 Å². The van der Waals surface area contributed by atoms with Crippen LogP contribution in [0.3, 0.4) is 0 Å². The molecule has 0 aromatic heterocycles. The second kappa shape index (κ2) is 8.41. The molecule has 0 aliphatic carbocycles. The van der Waals surface area contributed by atoms with E-state index in [0.717, 1.165) is 4.31 Å². The Labute approximate surface area is 178 Å². The van der Waals surface area contributed by atoms with Gasteiger partial charge in [-0.15, -0.1) is 12.4 Å². The van der Waals surface area contributed by atoms with Crippen molar-refractivity contribution in [2.24, 2.45) is 5.73 Å². The second-order valence-electron chi connectivity index (χ2n) is 6.23. The molecule has 2 aromatic rings. The first-order valence-electron chi connectivity index (χ1n) is 7.72. The van der Waals surface area contributed by atoms with E-state index < -0.39 is 21.4 Å². The first-order valence-corrected chi connectivity index (χ1v) is 9.91. The minimum absolute atomic E-state index is 0. The van der Waals surface area contributed by atoms with Gasteiger partial charge < -0.3 is 10.5 Å². The van der Waals surface area contributed by atoms with E-state index in [1.807, 2.05) is 0 Å². The molecule has 1 aliphatic rings. The Morgan fingerprint density at radius 2 is 1.96 bits per heavy atom. The highest BCUT2D eigenvalue weighted by Gasteiger charge is 2.47. The molecule has 0 unspecified atom stereocenters. The normalized spacial score (nSPS) is 15.8. The molecule has 0 atom stereocenters. The Bertz CT molecular complexity index is 1040. The average Bonchev–Trinajstić information content (AvgIpc) is 2.58. The Kier molecular flexibility index (Phi) is 6.82. The highest BCUT2D eigenvalue weighted by Crippen LogP contribution is 2.32. The average molecular weight is 467 g/mol. The summed E-state index contributed by atoms with van der Waals surface area (Å²) in [5, 5.41) is 9.18. The maximum Gasteiger partial charge on any atom is 0.244 e. The molecule has 3 rings (SSSR count). The summed E-state index contributed by atoms with van der Waals surface area (Å²) in [5.74, 6) is -0.888. The van der Waals surface area contributed by atoms with Crippen molar-refractivity contribution in [1.29, 1.82) is 5.26 Å². The van der Waals surface area contributed by atoms with E-state index in [9.17, 15) is 12.8 Å². The largest absolute Gasteiger partial charge is 0.488 e. The topological polar surface area (TPSA) is 96.4 Å². The Morgan fingerprint density at radius 3 is 2.57 bits per heavy atom. The van der Waals surface area contributed by atoms with Gasteiger partial charge in [0.05, 0.1) is 16.1 Å². The van der Waals surface area contributed by atoms with Crippen molar-refractivity contribution in [1.82, 2.24) is 4.31 Å². The van der Waals surface area contributed by atoms with E-state index in [4.69, 9.17) is 38.9 Å². The van der Waals surface area contributed by atoms with Gasteiger partial charge in [-0.2, -0.15) is 9.57 Å². The minimum Gasteiger partial charge on any atom is -0.488 e. The van der Waals surface area contributed by atoms with E-state index in [1.54, 1.807) is 6.07 Å². The number of hydrogen-bond acceptors (Lipinski definition) is 5. The van der Waals surface area contributed by atoms with E-state index in [2.05, 4.69) is 0 Å². The van der Waals surface area contributed by atoms with Crippen LogP contribution in [0.25, 0.3) is 0 Å². The molecule has 0 radical (unpaired) electrons.